The summed E-state index contributed by atoms with van der Waals surface area (Å²) in [5.41, 5.74) is 2.09. The molecule has 3 rings (SSSR count). The van der Waals surface area contributed by atoms with E-state index in [4.69, 9.17) is 11.6 Å². The number of thioether (sulfide) groups is 1. The molecule has 1 aromatic heterocycles. The molecule has 3 aromatic rings. The number of rotatable bonds is 6. The molecule has 0 saturated heterocycles. The molecule has 0 fully saturated rings. The maximum Gasteiger partial charge on any atom is 0.234 e. The highest BCUT2D eigenvalue weighted by atomic mass is 35.5. The number of nitrogens with one attached hydrogen (secondary N) is 3. The van der Waals surface area contributed by atoms with Crippen LogP contribution in [0.25, 0.3) is 11.4 Å². The molecule has 0 aliphatic carbocycles. The van der Waals surface area contributed by atoms with Crippen LogP contribution >= 0.6 is 23.4 Å². The number of nitrogens with zero attached hydrogens (tertiary/aromatic N) is 2. The zero-order valence-corrected chi connectivity index (χ0v) is 15.9. The molecule has 7 nitrogen and oxygen atoms in total. The van der Waals surface area contributed by atoms with Crippen molar-refractivity contribution in [3.63, 3.8) is 0 Å². The van der Waals surface area contributed by atoms with E-state index in [9.17, 15) is 9.59 Å². The molecule has 0 aliphatic rings. The zero-order valence-electron chi connectivity index (χ0n) is 14.3. The van der Waals surface area contributed by atoms with Gasteiger partial charge in [0.15, 0.2) is 5.82 Å². The van der Waals surface area contributed by atoms with Crippen LogP contribution in [0.4, 0.5) is 11.4 Å². The summed E-state index contributed by atoms with van der Waals surface area (Å²) >= 11 is 7.11. The second kappa shape index (κ2) is 8.70. The van der Waals surface area contributed by atoms with Crippen LogP contribution in [0, 0.1) is 0 Å². The van der Waals surface area contributed by atoms with Gasteiger partial charge in [0.2, 0.25) is 17.0 Å². The predicted molar refractivity (Wildman–Crippen MR) is 107 cm³/mol. The van der Waals surface area contributed by atoms with Gasteiger partial charge in [-0.3, -0.25) is 14.7 Å². The molecule has 138 valence electrons. The van der Waals surface area contributed by atoms with Crippen LogP contribution in [0.2, 0.25) is 5.02 Å². The Kier molecular flexibility index (Phi) is 6.10. The maximum atomic E-state index is 12.0. The van der Waals surface area contributed by atoms with Crippen LogP contribution in [0.1, 0.15) is 6.92 Å². The Morgan fingerprint density at radius 1 is 1.11 bits per heavy atom. The Bertz CT molecular complexity index is 976. The number of aromatic nitrogens is 3. The van der Waals surface area contributed by atoms with E-state index < -0.39 is 0 Å². The van der Waals surface area contributed by atoms with Gasteiger partial charge in [-0.1, -0.05) is 41.6 Å². The quantitative estimate of drug-likeness (QED) is 0.545. The number of H-pyrrole nitrogens is 1. The summed E-state index contributed by atoms with van der Waals surface area (Å²) in [7, 11) is 0. The fraction of sp³-hybridized carbons (Fsp3) is 0.111. The Morgan fingerprint density at radius 2 is 1.85 bits per heavy atom. The van der Waals surface area contributed by atoms with Crippen LogP contribution in [0.5, 0.6) is 0 Å². The first kappa shape index (κ1) is 18.9. The minimum Gasteiger partial charge on any atom is -0.326 e. The van der Waals surface area contributed by atoms with Gasteiger partial charge < -0.3 is 10.6 Å². The Morgan fingerprint density at radius 3 is 2.59 bits per heavy atom. The molecule has 0 atom stereocenters. The van der Waals surface area contributed by atoms with Gasteiger partial charge in [-0.05, 0) is 30.3 Å². The summed E-state index contributed by atoms with van der Waals surface area (Å²) in [6.45, 7) is 1.45. The average Bonchev–Trinajstić information content (AvgIpc) is 3.09. The number of anilines is 2. The molecule has 2 aromatic carbocycles. The first-order valence-corrected chi connectivity index (χ1v) is 9.34. The minimum atomic E-state index is -0.179. The van der Waals surface area contributed by atoms with E-state index in [1.54, 1.807) is 36.4 Å². The van der Waals surface area contributed by atoms with Crippen molar-refractivity contribution in [3.05, 3.63) is 53.6 Å². The summed E-state index contributed by atoms with van der Waals surface area (Å²) in [6.07, 6.45) is 0. The van der Waals surface area contributed by atoms with Gasteiger partial charge in [0, 0.05) is 28.9 Å². The number of carbonyl (C=O) groups excluding carboxylic acids is 2. The van der Waals surface area contributed by atoms with E-state index in [0.717, 1.165) is 5.56 Å². The number of aromatic amines is 1. The fourth-order valence-corrected chi connectivity index (χ4v) is 3.07. The largest absolute Gasteiger partial charge is 0.326 e. The van der Waals surface area contributed by atoms with Crippen molar-refractivity contribution in [2.45, 2.75) is 12.1 Å². The van der Waals surface area contributed by atoms with E-state index in [1.807, 2.05) is 12.1 Å². The highest BCUT2D eigenvalue weighted by Gasteiger charge is 2.10. The number of carbonyl (C=O) groups is 2. The van der Waals surface area contributed by atoms with E-state index in [-0.39, 0.29) is 17.6 Å². The van der Waals surface area contributed by atoms with Gasteiger partial charge in [-0.2, -0.15) is 0 Å². The van der Waals surface area contributed by atoms with Crippen molar-refractivity contribution >= 4 is 46.6 Å². The molecule has 0 unspecified atom stereocenters. The predicted octanol–water partition coefficient (Wildman–Crippen LogP) is 3.81. The summed E-state index contributed by atoms with van der Waals surface area (Å²) in [5.74, 6) is 0.392. The van der Waals surface area contributed by atoms with Crippen molar-refractivity contribution in [1.29, 1.82) is 0 Å². The van der Waals surface area contributed by atoms with Gasteiger partial charge in [0.05, 0.1) is 5.75 Å². The van der Waals surface area contributed by atoms with Gasteiger partial charge in [-0.25, -0.2) is 4.98 Å². The Hall–Kier alpha value is -2.84. The molecule has 9 heteroatoms. The van der Waals surface area contributed by atoms with Crippen LogP contribution < -0.4 is 10.6 Å². The number of hydrogen-bond donors (Lipinski definition) is 3. The molecular weight excluding hydrogens is 386 g/mol. The van der Waals surface area contributed by atoms with Crippen LogP contribution in [0.15, 0.2) is 53.7 Å². The molecule has 0 radical (unpaired) electrons. The summed E-state index contributed by atoms with van der Waals surface area (Å²) in [6, 6.07) is 14.2. The lowest BCUT2D eigenvalue weighted by Gasteiger charge is -2.04. The molecule has 0 aliphatic heterocycles. The molecule has 0 spiro atoms. The van der Waals surface area contributed by atoms with Gasteiger partial charge in [-0.15, -0.1) is 5.10 Å². The number of halogens is 1. The highest BCUT2D eigenvalue weighted by molar-refractivity contribution is 7.99. The third-order valence-electron chi connectivity index (χ3n) is 3.36. The molecule has 27 heavy (non-hydrogen) atoms. The third-order valence-corrected chi connectivity index (χ3v) is 4.44. The lowest BCUT2D eigenvalue weighted by molar-refractivity contribution is -0.114. The molecule has 3 N–H and O–H groups in total. The Balaban J connectivity index is 1.59. The lowest BCUT2D eigenvalue weighted by Crippen LogP contribution is -2.14. The topological polar surface area (TPSA) is 99.8 Å². The standard InChI is InChI=1S/C18H16ClN5O2S/c1-11(25)20-14-6-2-4-12(8-14)17-22-18(24-23-17)27-10-16(26)21-15-7-3-5-13(19)9-15/h2-9H,10H2,1H3,(H,20,25)(H,21,26)(H,22,23,24). The van der Waals surface area contributed by atoms with E-state index in [1.165, 1.54) is 18.7 Å². The SMILES string of the molecule is CC(=O)Nc1cccc(-c2nc(SCC(=O)Nc3cccc(Cl)c3)n[nH]2)c1. The molecule has 0 saturated carbocycles. The minimum absolute atomic E-state index is 0.147. The molecular formula is C18H16ClN5O2S. The normalized spacial score (nSPS) is 10.4. The first-order chi connectivity index (χ1) is 13.0. The first-order valence-electron chi connectivity index (χ1n) is 7.98. The lowest BCUT2D eigenvalue weighted by atomic mass is 10.2. The van der Waals surface area contributed by atoms with E-state index in [2.05, 4.69) is 25.8 Å². The summed E-state index contributed by atoms with van der Waals surface area (Å²) < 4.78 is 0. The van der Waals surface area contributed by atoms with Crippen molar-refractivity contribution in [2.75, 3.05) is 16.4 Å². The molecule has 1 heterocycles. The summed E-state index contributed by atoms with van der Waals surface area (Å²) in [5, 5.41) is 13.5. The molecule has 2 amide bonds. The van der Waals surface area contributed by atoms with Crippen LogP contribution in [0.3, 0.4) is 0 Å². The fourth-order valence-electron chi connectivity index (χ4n) is 2.28. The third kappa shape index (κ3) is 5.57. The van der Waals surface area contributed by atoms with Gasteiger partial charge >= 0.3 is 0 Å². The van der Waals surface area contributed by atoms with Crippen molar-refractivity contribution < 1.29 is 9.59 Å². The highest BCUT2D eigenvalue weighted by Crippen LogP contribution is 2.22. The monoisotopic (exact) mass is 401 g/mol. The number of amides is 2. The second-order valence-electron chi connectivity index (χ2n) is 5.58. The van der Waals surface area contributed by atoms with Crippen molar-refractivity contribution in [2.24, 2.45) is 0 Å². The van der Waals surface area contributed by atoms with E-state index >= 15 is 0 Å². The zero-order chi connectivity index (χ0) is 19.2. The van der Waals surface area contributed by atoms with Gasteiger partial charge in [0.1, 0.15) is 0 Å². The number of benzene rings is 2. The van der Waals surface area contributed by atoms with Crippen molar-refractivity contribution in [1.82, 2.24) is 15.2 Å². The van der Waals surface area contributed by atoms with Gasteiger partial charge in [0.25, 0.3) is 0 Å². The Labute approximate surface area is 164 Å². The molecule has 0 bridgehead atoms. The van der Waals surface area contributed by atoms with Crippen molar-refractivity contribution in [3.8, 4) is 11.4 Å². The smallest absolute Gasteiger partial charge is 0.234 e. The van der Waals surface area contributed by atoms with Crippen LogP contribution in [-0.2, 0) is 9.59 Å². The second-order valence-corrected chi connectivity index (χ2v) is 6.95. The summed E-state index contributed by atoms with van der Waals surface area (Å²) in [4.78, 5) is 27.6. The van der Waals surface area contributed by atoms with Crippen LogP contribution in [-0.4, -0.2) is 32.7 Å². The number of hydrogen-bond acceptors (Lipinski definition) is 5. The average molecular weight is 402 g/mol. The van der Waals surface area contributed by atoms with E-state index in [0.29, 0.717) is 27.4 Å². The maximum absolute atomic E-state index is 12.0.